The van der Waals surface area contributed by atoms with E-state index in [0.717, 1.165) is 5.56 Å². The third-order valence-electron chi connectivity index (χ3n) is 3.98. The van der Waals surface area contributed by atoms with Gasteiger partial charge in [-0.3, -0.25) is 4.90 Å². The summed E-state index contributed by atoms with van der Waals surface area (Å²) in [6.07, 6.45) is 2.47. The quantitative estimate of drug-likeness (QED) is 0.860. The molecule has 0 aromatic heterocycles. The fraction of sp³-hybridized carbons (Fsp3) is 0.294. The van der Waals surface area contributed by atoms with Crippen LogP contribution in [0.25, 0.3) is 0 Å². The largest absolute Gasteiger partial charge is 0.396 e. The molecule has 0 bridgehead atoms. The minimum Gasteiger partial charge on any atom is -0.396 e. The molecule has 0 amide bonds. The normalized spacial score (nSPS) is 16.4. The van der Waals surface area contributed by atoms with E-state index in [1.54, 1.807) is 6.07 Å². The van der Waals surface area contributed by atoms with Crippen molar-refractivity contribution in [2.75, 3.05) is 12.8 Å². The first kappa shape index (κ1) is 13.1. The highest BCUT2D eigenvalue weighted by molar-refractivity contribution is 5.45. The van der Waals surface area contributed by atoms with Crippen LogP contribution in [0.4, 0.5) is 10.1 Å². The van der Waals surface area contributed by atoms with Crippen LogP contribution in [0.1, 0.15) is 30.0 Å². The van der Waals surface area contributed by atoms with Crippen LogP contribution in [0, 0.1) is 5.82 Å². The van der Waals surface area contributed by atoms with Crippen LogP contribution in [0.5, 0.6) is 0 Å². The van der Waals surface area contributed by atoms with Crippen LogP contribution in [0.15, 0.2) is 48.5 Å². The van der Waals surface area contributed by atoms with Crippen LogP contribution >= 0.6 is 0 Å². The van der Waals surface area contributed by atoms with Crippen molar-refractivity contribution in [1.82, 2.24) is 4.90 Å². The number of hydrogen-bond acceptors (Lipinski definition) is 2. The van der Waals surface area contributed by atoms with Gasteiger partial charge in [0.1, 0.15) is 5.82 Å². The van der Waals surface area contributed by atoms with Crippen molar-refractivity contribution in [3.63, 3.8) is 0 Å². The van der Waals surface area contributed by atoms with Gasteiger partial charge in [0, 0.05) is 6.04 Å². The van der Waals surface area contributed by atoms with Gasteiger partial charge in [0.2, 0.25) is 0 Å². The minimum absolute atomic E-state index is 0.131. The molecule has 1 unspecified atom stereocenters. The molecule has 0 spiro atoms. The van der Waals surface area contributed by atoms with Crippen molar-refractivity contribution < 1.29 is 4.39 Å². The molecule has 0 radical (unpaired) electrons. The predicted molar refractivity (Wildman–Crippen MR) is 79.9 cm³/mol. The number of benzene rings is 2. The Balaban J connectivity index is 2.02. The second-order valence-electron chi connectivity index (χ2n) is 5.49. The number of rotatable bonds is 4. The number of nitrogen functional groups attached to an aromatic ring is 1. The average molecular weight is 270 g/mol. The molecule has 0 saturated heterocycles. The van der Waals surface area contributed by atoms with Gasteiger partial charge in [0.15, 0.2) is 0 Å². The van der Waals surface area contributed by atoms with Crippen LogP contribution in [-0.2, 0) is 0 Å². The Morgan fingerprint density at radius 3 is 2.40 bits per heavy atom. The first-order valence-corrected chi connectivity index (χ1v) is 6.98. The summed E-state index contributed by atoms with van der Waals surface area (Å²) in [5, 5.41) is 0. The van der Waals surface area contributed by atoms with Crippen molar-refractivity contribution in [3.05, 3.63) is 65.5 Å². The Morgan fingerprint density at radius 1 is 1.10 bits per heavy atom. The van der Waals surface area contributed by atoms with Crippen molar-refractivity contribution in [2.24, 2.45) is 0 Å². The van der Waals surface area contributed by atoms with E-state index in [1.165, 1.54) is 24.5 Å². The molecule has 1 aliphatic rings. The summed E-state index contributed by atoms with van der Waals surface area (Å²) in [5.74, 6) is -0.352. The Morgan fingerprint density at radius 2 is 1.80 bits per heavy atom. The van der Waals surface area contributed by atoms with Crippen molar-refractivity contribution in [2.45, 2.75) is 24.9 Å². The molecule has 1 aliphatic carbocycles. The number of nitrogens with two attached hydrogens (primary N) is 1. The predicted octanol–water partition coefficient (Wildman–Crippen LogP) is 3.59. The molecule has 3 heteroatoms. The summed E-state index contributed by atoms with van der Waals surface area (Å²) in [7, 11) is 2.13. The average Bonchev–Trinajstić information content (AvgIpc) is 3.29. The van der Waals surface area contributed by atoms with E-state index in [1.807, 2.05) is 24.3 Å². The van der Waals surface area contributed by atoms with Crippen molar-refractivity contribution in [3.8, 4) is 0 Å². The third-order valence-corrected chi connectivity index (χ3v) is 3.98. The van der Waals surface area contributed by atoms with Gasteiger partial charge < -0.3 is 5.73 Å². The smallest absolute Gasteiger partial charge is 0.146 e. The van der Waals surface area contributed by atoms with Crippen molar-refractivity contribution >= 4 is 5.69 Å². The Kier molecular flexibility index (Phi) is 3.45. The van der Waals surface area contributed by atoms with Crippen LogP contribution in [0.2, 0.25) is 0 Å². The van der Waals surface area contributed by atoms with Crippen LogP contribution < -0.4 is 5.73 Å². The molecule has 20 heavy (non-hydrogen) atoms. The van der Waals surface area contributed by atoms with E-state index < -0.39 is 0 Å². The van der Waals surface area contributed by atoms with E-state index in [9.17, 15) is 4.39 Å². The summed E-state index contributed by atoms with van der Waals surface area (Å²) in [6.45, 7) is 0. The number of anilines is 1. The fourth-order valence-corrected chi connectivity index (χ4v) is 2.72. The number of nitrogens with zero attached hydrogens (tertiary/aromatic N) is 1. The summed E-state index contributed by atoms with van der Waals surface area (Å²) >= 11 is 0. The molecule has 2 aromatic rings. The third kappa shape index (κ3) is 2.54. The summed E-state index contributed by atoms with van der Waals surface area (Å²) in [5.41, 5.74) is 8.21. The minimum atomic E-state index is -0.352. The molecule has 3 rings (SSSR count). The zero-order chi connectivity index (χ0) is 14.1. The van der Waals surface area contributed by atoms with Gasteiger partial charge in [-0.25, -0.2) is 4.39 Å². The monoisotopic (exact) mass is 270 g/mol. The van der Waals surface area contributed by atoms with Crippen LogP contribution in [0.3, 0.4) is 0 Å². The Hall–Kier alpha value is -1.87. The van der Waals surface area contributed by atoms with Crippen molar-refractivity contribution in [1.29, 1.82) is 0 Å². The highest BCUT2D eigenvalue weighted by Gasteiger charge is 2.32. The maximum atomic E-state index is 13.4. The summed E-state index contributed by atoms with van der Waals surface area (Å²) in [4.78, 5) is 2.36. The highest BCUT2D eigenvalue weighted by atomic mass is 19.1. The second kappa shape index (κ2) is 5.25. The molecule has 2 nitrogen and oxygen atoms in total. The molecular weight excluding hydrogens is 251 g/mol. The van der Waals surface area contributed by atoms with Gasteiger partial charge in [0.25, 0.3) is 0 Å². The van der Waals surface area contributed by atoms with E-state index in [-0.39, 0.29) is 17.5 Å². The Bertz CT molecular complexity index is 593. The lowest BCUT2D eigenvalue weighted by atomic mass is 9.96. The molecule has 1 fully saturated rings. The lowest BCUT2D eigenvalue weighted by molar-refractivity contribution is 0.268. The molecule has 2 aromatic carbocycles. The SMILES string of the molecule is CN(C1CC1)C(c1ccccc1)c1ccc(F)c(N)c1. The first-order valence-electron chi connectivity index (χ1n) is 6.98. The zero-order valence-electron chi connectivity index (χ0n) is 11.6. The molecular formula is C17H19FN2. The standard InChI is InChI=1S/C17H19FN2/c1-20(14-8-9-14)17(12-5-3-2-4-6-12)13-7-10-15(18)16(19)11-13/h2-7,10-11,14,17H,8-9,19H2,1H3. The van der Waals surface area contributed by atoms with Gasteiger partial charge in [-0.1, -0.05) is 36.4 Å². The maximum absolute atomic E-state index is 13.4. The van der Waals surface area contributed by atoms with Gasteiger partial charge in [-0.2, -0.15) is 0 Å². The van der Waals surface area contributed by atoms with Gasteiger partial charge in [-0.05, 0) is 43.1 Å². The van der Waals surface area contributed by atoms with E-state index >= 15 is 0 Å². The second-order valence-corrected chi connectivity index (χ2v) is 5.49. The molecule has 1 atom stereocenters. The first-order chi connectivity index (χ1) is 9.66. The number of hydrogen-bond donors (Lipinski definition) is 1. The molecule has 104 valence electrons. The molecule has 1 saturated carbocycles. The molecule has 0 aliphatic heterocycles. The highest BCUT2D eigenvalue weighted by Crippen LogP contribution is 2.37. The molecule has 2 N–H and O–H groups in total. The molecule has 0 heterocycles. The van der Waals surface area contributed by atoms with Gasteiger partial charge in [-0.15, -0.1) is 0 Å². The van der Waals surface area contributed by atoms with E-state index in [0.29, 0.717) is 6.04 Å². The van der Waals surface area contributed by atoms with Crippen LogP contribution in [-0.4, -0.2) is 18.0 Å². The lowest BCUT2D eigenvalue weighted by Crippen LogP contribution is -2.27. The Labute approximate surface area is 119 Å². The van der Waals surface area contributed by atoms with Gasteiger partial charge in [0.05, 0.1) is 11.7 Å². The topological polar surface area (TPSA) is 29.3 Å². The van der Waals surface area contributed by atoms with Gasteiger partial charge >= 0.3 is 0 Å². The summed E-state index contributed by atoms with van der Waals surface area (Å²) in [6, 6.07) is 16.1. The number of halogens is 1. The maximum Gasteiger partial charge on any atom is 0.146 e. The summed E-state index contributed by atoms with van der Waals surface area (Å²) < 4.78 is 13.4. The fourth-order valence-electron chi connectivity index (χ4n) is 2.72. The zero-order valence-corrected chi connectivity index (χ0v) is 11.6. The lowest BCUT2D eigenvalue weighted by Gasteiger charge is -2.29. The van der Waals surface area contributed by atoms with E-state index in [2.05, 4.69) is 24.1 Å². The van der Waals surface area contributed by atoms with E-state index in [4.69, 9.17) is 5.73 Å².